The van der Waals surface area contributed by atoms with Crippen molar-refractivity contribution >= 4 is 15.7 Å². The van der Waals surface area contributed by atoms with E-state index in [-0.39, 0.29) is 29.5 Å². The number of halogens is 4. The molecule has 0 aliphatic heterocycles. The SMILES string of the molecule is CNC1(CC(=O)N[C@H]2C[C@@H](C(C)(C)S(=O)(=O)c3cc(F)cc(C(F)(F)F)c3)C2)CCCCC1. The normalized spacial score (nSPS) is 23.6. The van der Waals surface area contributed by atoms with Crippen LogP contribution >= 0.6 is 0 Å². The summed E-state index contributed by atoms with van der Waals surface area (Å²) in [6.45, 7) is 2.89. The minimum Gasteiger partial charge on any atom is -0.353 e. The van der Waals surface area contributed by atoms with Crippen LogP contribution in [0.25, 0.3) is 0 Å². The highest BCUT2D eigenvalue weighted by atomic mass is 32.2. The number of benzene rings is 1. The molecule has 0 spiro atoms. The number of sulfone groups is 1. The molecular formula is C23H32F4N2O3S. The molecule has 0 unspecified atom stereocenters. The van der Waals surface area contributed by atoms with E-state index in [1.807, 2.05) is 7.05 Å². The van der Waals surface area contributed by atoms with E-state index in [1.165, 1.54) is 13.8 Å². The molecule has 0 bridgehead atoms. The molecule has 0 saturated heterocycles. The van der Waals surface area contributed by atoms with Crippen molar-refractivity contribution in [2.24, 2.45) is 5.92 Å². The minimum absolute atomic E-state index is 0.0877. The number of hydrogen-bond acceptors (Lipinski definition) is 4. The predicted octanol–water partition coefficient (Wildman–Crippen LogP) is 4.60. The second kappa shape index (κ2) is 9.17. The Balaban J connectivity index is 1.65. The third-order valence-electron chi connectivity index (χ3n) is 7.53. The fourth-order valence-electron chi connectivity index (χ4n) is 5.04. The van der Waals surface area contributed by atoms with Crippen LogP contribution in [0.4, 0.5) is 17.6 Å². The average Bonchev–Trinajstić information content (AvgIpc) is 2.69. The Morgan fingerprint density at radius 1 is 1.09 bits per heavy atom. The van der Waals surface area contributed by atoms with Gasteiger partial charge < -0.3 is 10.6 Å². The van der Waals surface area contributed by atoms with Gasteiger partial charge in [0.1, 0.15) is 5.82 Å². The molecule has 3 rings (SSSR count). The lowest BCUT2D eigenvalue weighted by Crippen LogP contribution is -2.55. The molecule has 0 atom stereocenters. The fraction of sp³-hybridized carbons (Fsp3) is 0.696. The first kappa shape index (κ1) is 25.9. The van der Waals surface area contributed by atoms with Crippen LogP contribution in [0, 0.1) is 11.7 Å². The number of nitrogens with one attached hydrogen (secondary N) is 2. The van der Waals surface area contributed by atoms with Gasteiger partial charge in [-0.05, 0) is 70.7 Å². The molecule has 2 saturated carbocycles. The van der Waals surface area contributed by atoms with Crippen molar-refractivity contribution in [3.8, 4) is 0 Å². The molecule has 2 fully saturated rings. The van der Waals surface area contributed by atoms with Crippen molar-refractivity contribution in [2.45, 2.75) is 92.6 Å². The van der Waals surface area contributed by atoms with Crippen molar-refractivity contribution in [1.29, 1.82) is 0 Å². The first-order valence-electron chi connectivity index (χ1n) is 11.3. The smallest absolute Gasteiger partial charge is 0.353 e. The van der Waals surface area contributed by atoms with E-state index >= 15 is 0 Å². The highest BCUT2D eigenvalue weighted by Crippen LogP contribution is 2.44. The summed E-state index contributed by atoms with van der Waals surface area (Å²) >= 11 is 0. The minimum atomic E-state index is -4.86. The molecule has 5 nitrogen and oxygen atoms in total. The Morgan fingerprint density at radius 3 is 2.24 bits per heavy atom. The van der Waals surface area contributed by atoms with E-state index in [9.17, 15) is 30.8 Å². The molecule has 2 N–H and O–H groups in total. The van der Waals surface area contributed by atoms with E-state index < -0.39 is 37.0 Å². The number of hydrogen-bond donors (Lipinski definition) is 2. The summed E-state index contributed by atoms with van der Waals surface area (Å²) in [6, 6.07) is 1.21. The van der Waals surface area contributed by atoms with Crippen molar-refractivity contribution in [1.82, 2.24) is 10.6 Å². The lowest BCUT2D eigenvalue weighted by atomic mass is 9.72. The Bertz CT molecular complexity index is 980. The van der Waals surface area contributed by atoms with Crippen LogP contribution in [0.15, 0.2) is 23.1 Å². The zero-order valence-electron chi connectivity index (χ0n) is 19.2. The van der Waals surface area contributed by atoms with Gasteiger partial charge in [0.2, 0.25) is 5.91 Å². The zero-order valence-corrected chi connectivity index (χ0v) is 20.0. The van der Waals surface area contributed by atoms with E-state index in [0.29, 0.717) is 31.4 Å². The van der Waals surface area contributed by atoms with Gasteiger partial charge in [0.15, 0.2) is 9.84 Å². The summed E-state index contributed by atoms with van der Waals surface area (Å²) in [5.74, 6) is -1.72. The number of carbonyl (C=O) groups is 1. The number of amides is 1. The maximum Gasteiger partial charge on any atom is 0.416 e. The molecule has 2 aliphatic rings. The number of rotatable bonds is 7. The largest absolute Gasteiger partial charge is 0.416 e. The molecule has 1 amide bonds. The molecule has 0 heterocycles. The van der Waals surface area contributed by atoms with Crippen LogP contribution in [0.3, 0.4) is 0 Å². The van der Waals surface area contributed by atoms with Crippen molar-refractivity contribution in [3.63, 3.8) is 0 Å². The Kier molecular flexibility index (Phi) is 7.20. The maximum absolute atomic E-state index is 13.8. The van der Waals surface area contributed by atoms with Crippen LogP contribution in [-0.2, 0) is 20.8 Å². The van der Waals surface area contributed by atoms with Gasteiger partial charge >= 0.3 is 6.18 Å². The summed E-state index contributed by atoms with van der Waals surface area (Å²) in [5.41, 5.74) is -1.54. The van der Waals surface area contributed by atoms with Crippen molar-refractivity contribution < 1.29 is 30.8 Å². The van der Waals surface area contributed by atoms with Crippen molar-refractivity contribution in [3.05, 3.63) is 29.6 Å². The Hall–Kier alpha value is -1.68. The zero-order chi connectivity index (χ0) is 24.7. The van der Waals surface area contributed by atoms with E-state index in [0.717, 1.165) is 32.1 Å². The second-order valence-corrected chi connectivity index (χ2v) is 12.5. The third kappa shape index (κ3) is 5.37. The first-order chi connectivity index (χ1) is 15.2. The first-order valence-corrected chi connectivity index (χ1v) is 12.8. The highest BCUT2D eigenvalue weighted by Gasteiger charge is 2.49. The van der Waals surface area contributed by atoms with Crippen LogP contribution in [-0.4, -0.2) is 37.7 Å². The lowest BCUT2D eigenvalue weighted by Gasteiger charge is -2.45. The quantitative estimate of drug-likeness (QED) is 0.546. The third-order valence-corrected chi connectivity index (χ3v) is 10.1. The Morgan fingerprint density at radius 2 is 1.70 bits per heavy atom. The molecule has 10 heteroatoms. The van der Waals surface area contributed by atoms with Gasteiger partial charge in [-0.25, -0.2) is 12.8 Å². The molecule has 0 aromatic heterocycles. The molecule has 1 aromatic carbocycles. The van der Waals surface area contributed by atoms with Crippen LogP contribution < -0.4 is 10.6 Å². The molecule has 1 aromatic rings. The van der Waals surface area contributed by atoms with Crippen molar-refractivity contribution in [2.75, 3.05) is 7.05 Å². The highest BCUT2D eigenvalue weighted by molar-refractivity contribution is 7.92. The van der Waals surface area contributed by atoms with Gasteiger partial charge in [-0.15, -0.1) is 0 Å². The fourth-order valence-corrected chi connectivity index (χ4v) is 6.83. The summed E-state index contributed by atoms with van der Waals surface area (Å²) in [6.07, 6.45) is 1.46. The lowest BCUT2D eigenvalue weighted by molar-refractivity contribution is -0.138. The second-order valence-electron chi connectivity index (χ2n) is 9.98. The van der Waals surface area contributed by atoms with E-state index in [2.05, 4.69) is 10.6 Å². The summed E-state index contributed by atoms with van der Waals surface area (Å²) in [4.78, 5) is 11.9. The van der Waals surface area contributed by atoms with Gasteiger partial charge in [-0.1, -0.05) is 19.3 Å². The van der Waals surface area contributed by atoms with E-state index in [4.69, 9.17) is 0 Å². The molecule has 0 radical (unpaired) electrons. The molecule has 33 heavy (non-hydrogen) atoms. The summed E-state index contributed by atoms with van der Waals surface area (Å²) in [7, 11) is -2.39. The van der Waals surface area contributed by atoms with Crippen LogP contribution in [0.2, 0.25) is 0 Å². The summed E-state index contributed by atoms with van der Waals surface area (Å²) in [5, 5.41) is 6.27. The number of carbonyl (C=O) groups excluding carboxylic acids is 1. The topological polar surface area (TPSA) is 75.3 Å². The molecule has 2 aliphatic carbocycles. The predicted molar refractivity (Wildman–Crippen MR) is 117 cm³/mol. The molecule has 186 valence electrons. The standard InChI is InChI=1S/C23H32F4N2O3S/c1-21(2,33(31,32)19-12-16(23(25,26)27)9-17(24)13-19)15-10-18(11-15)29-20(30)14-22(28-3)7-5-4-6-8-22/h9,12-13,15,18,28H,4-8,10-11,14H2,1-3H3,(H,29,30)/t15-,18+. The number of alkyl halides is 3. The monoisotopic (exact) mass is 492 g/mol. The van der Waals surface area contributed by atoms with Crippen LogP contribution in [0.1, 0.15) is 70.8 Å². The maximum atomic E-state index is 13.8. The van der Waals surface area contributed by atoms with Gasteiger partial charge in [-0.3, -0.25) is 4.79 Å². The average molecular weight is 493 g/mol. The van der Waals surface area contributed by atoms with Gasteiger partial charge in [0.25, 0.3) is 0 Å². The van der Waals surface area contributed by atoms with E-state index in [1.54, 1.807) is 0 Å². The van der Waals surface area contributed by atoms with Gasteiger partial charge in [0, 0.05) is 18.0 Å². The van der Waals surface area contributed by atoms with Gasteiger partial charge in [0.05, 0.1) is 15.2 Å². The summed E-state index contributed by atoms with van der Waals surface area (Å²) < 4.78 is 77.9. The molecular weight excluding hydrogens is 460 g/mol. The van der Waals surface area contributed by atoms with Crippen LogP contribution in [0.5, 0.6) is 0 Å². The Labute approximate surface area is 192 Å². The van der Waals surface area contributed by atoms with Gasteiger partial charge in [-0.2, -0.15) is 13.2 Å².